The van der Waals surface area contributed by atoms with Gasteiger partial charge in [-0.15, -0.1) is 0 Å². The van der Waals surface area contributed by atoms with Crippen LogP contribution in [0.25, 0.3) is 11.4 Å². The Kier molecular flexibility index (Phi) is 7.22. The van der Waals surface area contributed by atoms with Gasteiger partial charge in [-0.25, -0.2) is 4.98 Å². The van der Waals surface area contributed by atoms with Crippen LogP contribution in [0.2, 0.25) is 0 Å². The summed E-state index contributed by atoms with van der Waals surface area (Å²) in [4.78, 5) is 26.7. The molecule has 5 rings (SSSR count). The highest BCUT2D eigenvalue weighted by atomic mass is 16.2. The molecule has 0 radical (unpaired) electrons. The third-order valence-corrected chi connectivity index (χ3v) is 6.98. The fourth-order valence-electron chi connectivity index (χ4n) is 4.90. The smallest absolute Gasteiger partial charge is 0.236 e. The minimum Gasteiger partial charge on any atom is -0.368 e. The Morgan fingerprint density at radius 3 is 2.09 bits per heavy atom. The zero-order valence-electron chi connectivity index (χ0n) is 19.8. The zero-order chi connectivity index (χ0) is 23.2. The van der Waals surface area contributed by atoms with Gasteiger partial charge in [0.05, 0.1) is 6.54 Å². The van der Waals surface area contributed by atoms with Gasteiger partial charge in [-0.2, -0.15) is 0 Å². The van der Waals surface area contributed by atoms with Crippen molar-refractivity contribution < 1.29 is 4.79 Å². The summed E-state index contributed by atoms with van der Waals surface area (Å²) in [5.41, 5.74) is 2.40. The van der Waals surface area contributed by atoms with E-state index in [4.69, 9.17) is 0 Å². The zero-order valence-corrected chi connectivity index (χ0v) is 19.8. The molecular weight excluding hydrogens is 424 g/mol. The second-order valence-electron chi connectivity index (χ2n) is 9.13. The maximum absolute atomic E-state index is 12.9. The summed E-state index contributed by atoms with van der Waals surface area (Å²) in [7, 11) is 0. The van der Waals surface area contributed by atoms with Gasteiger partial charge in [0, 0.05) is 89.1 Å². The van der Waals surface area contributed by atoms with Gasteiger partial charge in [0.15, 0.2) is 0 Å². The van der Waals surface area contributed by atoms with Crippen LogP contribution in [0.5, 0.6) is 0 Å². The van der Waals surface area contributed by atoms with E-state index >= 15 is 0 Å². The lowest BCUT2D eigenvalue weighted by molar-refractivity contribution is -0.133. The molecule has 0 aliphatic carbocycles. The molecule has 178 valence electrons. The lowest BCUT2D eigenvalue weighted by atomic mass is 10.2. The first kappa shape index (κ1) is 22.6. The SMILES string of the molecule is O=C(CN1CCN(CCn2ccnc2-c2ccccc2)CC1)N1CCN(c2ccccc2)CC1. The Morgan fingerprint density at radius 1 is 0.735 bits per heavy atom. The summed E-state index contributed by atoms with van der Waals surface area (Å²) in [5, 5.41) is 0. The summed E-state index contributed by atoms with van der Waals surface area (Å²) in [6.45, 7) is 9.80. The fraction of sp³-hybridized carbons (Fsp3) is 0.407. The van der Waals surface area contributed by atoms with E-state index in [1.165, 1.54) is 5.69 Å². The minimum absolute atomic E-state index is 0.270. The number of benzene rings is 2. The van der Waals surface area contributed by atoms with E-state index in [9.17, 15) is 4.79 Å². The van der Waals surface area contributed by atoms with Gasteiger partial charge in [-0.3, -0.25) is 14.6 Å². The summed E-state index contributed by atoms with van der Waals surface area (Å²) < 4.78 is 2.24. The normalized spacial score (nSPS) is 17.8. The molecule has 2 aromatic carbocycles. The number of rotatable bonds is 7. The van der Waals surface area contributed by atoms with Crippen molar-refractivity contribution in [1.82, 2.24) is 24.3 Å². The number of carbonyl (C=O) groups is 1. The molecule has 34 heavy (non-hydrogen) atoms. The van der Waals surface area contributed by atoms with Crippen LogP contribution in [0.3, 0.4) is 0 Å². The maximum Gasteiger partial charge on any atom is 0.236 e. The number of para-hydroxylation sites is 1. The largest absolute Gasteiger partial charge is 0.368 e. The molecule has 2 saturated heterocycles. The Labute approximate surface area is 202 Å². The number of anilines is 1. The number of carbonyl (C=O) groups excluding carboxylic acids is 1. The van der Waals surface area contributed by atoms with Gasteiger partial charge >= 0.3 is 0 Å². The first-order valence-electron chi connectivity index (χ1n) is 12.4. The number of nitrogens with zero attached hydrogens (tertiary/aromatic N) is 6. The molecule has 0 N–H and O–H groups in total. The lowest BCUT2D eigenvalue weighted by Crippen LogP contribution is -2.54. The Balaban J connectivity index is 1.04. The number of imidazole rings is 1. The van der Waals surface area contributed by atoms with Crippen LogP contribution in [0.15, 0.2) is 73.1 Å². The van der Waals surface area contributed by atoms with Crippen LogP contribution in [0.4, 0.5) is 5.69 Å². The van der Waals surface area contributed by atoms with E-state index in [1.807, 2.05) is 23.2 Å². The molecular formula is C27H34N6O. The van der Waals surface area contributed by atoms with Gasteiger partial charge in [0.1, 0.15) is 5.82 Å². The monoisotopic (exact) mass is 458 g/mol. The van der Waals surface area contributed by atoms with Crippen LogP contribution in [0, 0.1) is 0 Å². The van der Waals surface area contributed by atoms with Gasteiger partial charge in [-0.1, -0.05) is 48.5 Å². The number of aromatic nitrogens is 2. The fourth-order valence-corrected chi connectivity index (χ4v) is 4.90. The molecule has 0 unspecified atom stereocenters. The van der Waals surface area contributed by atoms with Crippen molar-refractivity contribution in [3.8, 4) is 11.4 Å². The molecule has 0 saturated carbocycles. The molecule has 1 amide bonds. The molecule has 0 spiro atoms. The van der Waals surface area contributed by atoms with Gasteiger partial charge in [0.2, 0.25) is 5.91 Å². The van der Waals surface area contributed by atoms with E-state index < -0.39 is 0 Å². The number of hydrogen-bond donors (Lipinski definition) is 0. The first-order valence-corrected chi connectivity index (χ1v) is 12.4. The standard InChI is InChI=1S/C27H34N6O/c34-26(32-21-19-31(20-22-32)25-9-5-2-6-10-25)23-30-15-13-29(14-16-30)17-18-33-12-11-28-27(33)24-7-3-1-4-8-24/h1-12H,13-23H2. The van der Waals surface area contributed by atoms with E-state index in [-0.39, 0.29) is 5.91 Å². The Bertz CT molecular complexity index is 1040. The van der Waals surface area contributed by atoms with Crippen LogP contribution in [0.1, 0.15) is 0 Å². The maximum atomic E-state index is 12.9. The van der Waals surface area contributed by atoms with Crippen molar-refractivity contribution in [3.05, 3.63) is 73.1 Å². The Morgan fingerprint density at radius 2 is 1.38 bits per heavy atom. The average molecular weight is 459 g/mol. The molecule has 2 aliphatic heterocycles. The summed E-state index contributed by atoms with van der Waals surface area (Å²) in [6, 6.07) is 20.8. The van der Waals surface area contributed by atoms with E-state index in [1.54, 1.807) is 0 Å². The van der Waals surface area contributed by atoms with Gasteiger partial charge in [-0.05, 0) is 12.1 Å². The first-order chi connectivity index (χ1) is 16.8. The molecule has 7 nitrogen and oxygen atoms in total. The molecule has 3 heterocycles. The molecule has 0 bridgehead atoms. The topological polar surface area (TPSA) is 47.9 Å². The number of hydrogen-bond acceptors (Lipinski definition) is 5. The Hall–Kier alpha value is -3.16. The highest BCUT2D eigenvalue weighted by Crippen LogP contribution is 2.18. The summed E-state index contributed by atoms with van der Waals surface area (Å²) >= 11 is 0. The van der Waals surface area contributed by atoms with Gasteiger partial charge in [0.25, 0.3) is 0 Å². The minimum atomic E-state index is 0.270. The van der Waals surface area contributed by atoms with Crippen molar-refractivity contribution in [1.29, 1.82) is 0 Å². The molecule has 3 aromatic rings. The van der Waals surface area contributed by atoms with Crippen molar-refractivity contribution in [2.24, 2.45) is 0 Å². The summed E-state index contributed by atoms with van der Waals surface area (Å²) in [6.07, 6.45) is 3.94. The molecule has 2 aliphatic rings. The highest BCUT2D eigenvalue weighted by Gasteiger charge is 2.25. The van der Waals surface area contributed by atoms with Crippen LogP contribution in [-0.4, -0.2) is 95.6 Å². The lowest BCUT2D eigenvalue weighted by Gasteiger charge is -2.38. The average Bonchev–Trinajstić information content (AvgIpc) is 3.38. The molecule has 2 fully saturated rings. The number of piperazine rings is 2. The van der Waals surface area contributed by atoms with Crippen molar-refractivity contribution >= 4 is 11.6 Å². The van der Waals surface area contributed by atoms with Crippen LogP contribution in [-0.2, 0) is 11.3 Å². The predicted octanol–water partition coefficient (Wildman–Crippen LogP) is 2.52. The van der Waals surface area contributed by atoms with Crippen molar-refractivity contribution in [2.45, 2.75) is 6.54 Å². The second kappa shape index (κ2) is 10.8. The summed E-state index contributed by atoms with van der Waals surface area (Å²) in [5.74, 6) is 1.30. The predicted molar refractivity (Wildman–Crippen MR) is 136 cm³/mol. The van der Waals surface area contributed by atoms with E-state index in [0.29, 0.717) is 6.54 Å². The third-order valence-electron chi connectivity index (χ3n) is 6.98. The van der Waals surface area contributed by atoms with E-state index in [0.717, 1.165) is 76.8 Å². The number of amides is 1. The van der Waals surface area contributed by atoms with Crippen LogP contribution >= 0.6 is 0 Å². The quantitative estimate of drug-likeness (QED) is 0.545. The molecule has 1 aromatic heterocycles. The van der Waals surface area contributed by atoms with Crippen LogP contribution < -0.4 is 4.90 Å². The van der Waals surface area contributed by atoms with Crippen molar-refractivity contribution in [2.75, 3.05) is 70.3 Å². The second-order valence-corrected chi connectivity index (χ2v) is 9.13. The molecule has 7 heteroatoms. The van der Waals surface area contributed by atoms with Gasteiger partial charge < -0.3 is 14.4 Å². The third kappa shape index (κ3) is 5.48. The van der Waals surface area contributed by atoms with Crippen molar-refractivity contribution in [3.63, 3.8) is 0 Å². The highest BCUT2D eigenvalue weighted by molar-refractivity contribution is 5.78. The molecule has 0 atom stereocenters. The van der Waals surface area contributed by atoms with E-state index in [2.05, 4.69) is 79.0 Å².